The fourth-order valence-corrected chi connectivity index (χ4v) is 1.75. The first-order valence-corrected chi connectivity index (χ1v) is 4.30. The third kappa shape index (κ3) is 2.19. The molecular weight excluding hydrogens is 142 g/mol. The lowest BCUT2D eigenvalue weighted by atomic mass is 10.0. The van der Waals surface area contributed by atoms with Crippen LogP contribution in [0.5, 0.6) is 0 Å². The lowest BCUT2D eigenvalue weighted by molar-refractivity contribution is -0.660. The van der Waals surface area contributed by atoms with E-state index >= 15 is 0 Å². The Hall–Kier alpha value is -0.570. The van der Waals surface area contributed by atoms with Crippen molar-refractivity contribution in [3.63, 3.8) is 0 Å². The van der Waals surface area contributed by atoms with Crippen LogP contribution in [0.15, 0.2) is 0 Å². The van der Waals surface area contributed by atoms with E-state index in [-0.39, 0.29) is 6.04 Å². The minimum atomic E-state index is -0.649. The van der Waals surface area contributed by atoms with Crippen LogP contribution in [0.4, 0.5) is 0 Å². The quantitative estimate of drug-likeness (QED) is 0.599. The zero-order valence-electron chi connectivity index (χ0n) is 6.92. The number of carbonyl (C=O) groups is 1. The van der Waals surface area contributed by atoms with Gasteiger partial charge in [-0.2, -0.15) is 0 Å². The zero-order valence-corrected chi connectivity index (χ0v) is 6.92. The Morgan fingerprint density at radius 2 is 2.45 bits per heavy atom. The number of rotatable bonds is 3. The number of hydrogen-bond donors (Lipinski definition) is 2. The van der Waals surface area contributed by atoms with Gasteiger partial charge in [-0.3, -0.25) is 0 Å². The van der Waals surface area contributed by atoms with E-state index in [9.17, 15) is 4.79 Å². The molecule has 1 rings (SSSR count). The smallest absolute Gasteiger partial charge is 0.362 e. The summed E-state index contributed by atoms with van der Waals surface area (Å²) < 4.78 is 0. The van der Waals surface area contributed by atoms with E-state index in [1.165, 1.54) is 12.8 Å². The molecule has 0 bridgehead atoms. The summed E-state index contributed by atoms with van der Waals surface area (Å²) in [6.45, 7) is 3.15. The summed E-state index contributed by atoms with van der Waals surface area (Å²) in [7, 11) is 0. The molecule has 3 N–H and O–H groups in total. The average molecular weight is 158 g/mol. The highest BCUT2D eigenvalue weighted by atomic mass is 16.4. The van der Waals surface area contributed by atoms with Crippen LogP contribution in [0.2, 0.25) is 0 Å². The summed E-state index contributed by atoms with van der Waals surface area (Å²) in [4.78, 5) is 10.5. The Labute approximate surface area is 66.8 Å². The van der Waals surface area contributed by atoms with Crippen LogP contribution in [0, 0.1) is 5.92 Å². The molecule has 0 saturated carbocycles. The van der Waals surface area contributed by atoms with Crippen molar-refractivity contribution in [2.75, 3.05) is 6.54 Å². The van der Waals surface area contributed by atoms with Crippen LogP contribution in [0.3, 0.4) is 0 Å². The van der Waals surface area contributed by atoms with Crippen molar-refractivity contribution >= 4 is 5.97 Å². The molecule has 3 heteroatoms. The Bertz CT molecular complexity index is 147. The van der Waals surface area contributed by atoms with Crippen molar-refractivity contribution in [1.29, 1.82) is 0 Å². The summed E-state index contributed by atoms with van der Waals surface area (Å²) in [5, 5.41) is 10.6. The van der Waals surface area contributed by atoms with Gasteiger partial charge in [0.05, 0.1) is 6.54 Å². The van der Waals surface area contributed by atoms with Crippen molar-refractivity contribution in [3.05, 3.63) is 0 Å². The standard InChI is InChI=1S/C8H15NO2/c1-2-3-6-4-7(8(10)11)9-5-6/h6-7,9H,2-5H2,1H3,(H,10,11)/p+1/t6-,7-/m0/s1. The summed E-state index contributed by atoms with van der Waals surface area (Å²) in [5.41, 5.74) is 0. The van der Waals surface area contributed by atoms with Gasteiger partial charge in [0.25, 0.3) is 0 Å². The highest BCUT2D eigenvalue weighted by Crippen LogP contribution is 2.14. The highest BCUT2D eigenvalue weighted by Gasteiger charge is 2.32. The fourth-order valence-electron chi connectivity index (χ4n) is 1.75. The van der Waals surface area contributed by atoms with Gasteiger partial charge in [0.15, 0.2) is 6.04 Å². The Morgan fingerprint density at radius 3 is 2.91 bits per heavy atom. The molecule has 1 fully saturated rings. The Balaban J connectivity index is 2.29. The van der Waals surface area contributed by atoms with E-state index in [0.717, 1.165) is 13.0 Å². The number of carboxylic acids is 1. The van der Waals surface area contributed by atoms with E-state index in [4.69, 9.17) is 5.11 Å². The van der Waals surface area contributed by atoms with Crippen molar-refractivity contribution in [3.8, 4) is 0 Å². The first-order chi connectivity index (χ1) is 5.24. The molecular formula is C8H16NO2+. The second kappa shape index (κ2) is 3.72. The molecule has 0 aliphatic carbocycles. The van der Waals surface area contributed by atoms with Crippen molar-refractivity contribution in [2.45, 2.75) is 32.2 Å². The average Bonchev–Trinajstić information content (AvgIpc) is 2.37. The molecule has 64 valence electrons. The van der Waals surface area contributed by atoms with Crippen LogP contribution in [-0.4, -0.2) is 23.7 Å². The van der Waals surface area contributed by atoms with Crippen LogP contribution in [0.1, 0.15) is 26.2 Å². The Kier molecular flexibility index (Phi) is 2.88. The van der Waals surface area contributed by atoms with E-state index in [0.29, 0.717) is 5.92 Å². The molecule has 0 unspecified atom stereocenters. The highest BCUT2D eigenvalue weighted by molar-refractivity contribution is 5.71. The fraction of sp³-hybridized carbons (Fsp3) is 0.875. The summed E-state index contributed by atoms with van der Waals surface area (Å²) in [6.07, 6.45) is 3.22. The topological polar surface area (TPSA) is 53.9 Å². The molecule has 0 aromatic carbocycles. The normalized spacial score (nSPS) is 30.6. The van der Waals surface area contributed by atoms with Crippen molar-refractivity contribution in [1.82, 2.24) is 0 Å². The predicted molar refractivity (Wildman–Crippen MR) is 41.2 cm³/mol. The number of aliphatic carboxylic acids is 1. The van der Waals surface area contributed by atoms with Gasteiger partial charge in [0.2, 0.25) is 0 Å². The maximum absolute atomic E-state index is 10.5. The Morgan fingerprint density at radius 1 is 1.73 bits per heavy atom. The molecule has 3 nitrogen and oxygen atoms in total. The lowest BCUT2D eigenvalue weighted by Gasteiger charge is -2.00. The minimum Gasteiger partial charge on any atom is -0.477 e. The SMILES string of the molecule is CCC[C@@H]1C[NH2+][C@H](C(=O)O)C1. The molecule has 0 aromatic rings. The van der Waals surface area contributed by atoms with E-state index in [1.54, 1.807) is 0 Å². The third-order valence-corrected chi connectivity index (χ3v) is 2.36. The van der Waals surface area contributed by atoms with Gasteiger partial charge >= 0.3 is 5.97 Å². The van der Waals surface area contributed by atoms with Gasteiger partial charge in [-0.1, -0.05) is 13.3 Å². The van der Waals surface area contributed by atoms with Crippen LogP contribution in [-0.2, 0) is 4.79 Å². The van der Waals surface area contributed by atoms with Crippen LogP contribution < -0.4 is 5.32 Å². The lowest BCUT2D eigenvalue weighted by Crippen LogP contribution is -2.88. The molecule has 1 heterocycles. The predicted octanol–water partition coefficient (Wildman–Crippen LogP) is -0.177. The molecule has 1 aliphatic heterocycles. The van der Waals surface area contributed by atoms with Gasteiger partial charge in [0.1, 0.15) is 0 Å². The monoisotopic (exact) mass is 158 g/mol. The van der Waals surface area contributed by atoms with Gasteiger partial charge < -0.3 is 10.4 Å². The molecule has 0 radical (unpaired) electrons. The van der Waals surface area contributed by atoms with Gasteiger partial charge in [-0.25, -0.2) is 4.79 Å². The maximum atomic E-state index is 10.5. The summed E-state index contributed by atoms with van der Waals surface area (Å²) in [6, 6.07) is -0.161. The second-order valence-corrected chi connectivity index (χ2v) is 3.31. The van der Waals surface area contributed by atoms with Gasteiger partial charge in [0, 0.05) is 12.3 Å². The molecule has 0 aromatic heterocycles. The van der Waals surface area contributed by atoms with E-state index in [1.807, 2.05) is 5.32 Å². The number of carboxylic acid groups (broad SMARTS) is 1. The maximum Gasteiger partial charge on any atom is 0.362 e. The van der Waals surface area contributed by atoms with Crippen LogP contribution in [0.25, 0.3) is 0 Å². The molecule has 1 aliphatic rings. The molecule has 2 atom stereocenters. The number of quaternary nitrogens is 1. The van der Waals surface area contributed by atoms with Crippen molar-refractivity contribution in [2.24, 2.45) is 5.92 Å². The van der Waals surface area contributed by atoms with Gasteiger partial charge in [-0.05, 0) is 6.42 Å². The van der Waals surface area contributed by atoms with E-state index in [2.05, 4.69) is 6.92 Å². The van der Waals surface area contributed by atoms with Crippen molar-refractivity contribution < 1.29 is 15.2 Å². The molecule has 1 saturated heterocycles. The first kappa shape index (κ1) is 8.53. The second-order valence-electron chi connectivity index (χ2n) is 3.31. The van der Waals surface area contributed by atoms with Gasteiger partial charge in [-0.15, -0.1) is 0 Å². The molecule has 0 spiro atoms. The molecule has 0 amide bonds. The van der Waals surface area contributed by atoms with E-state index < -0.39 is 5.97 Å². The number of nitrogens with two attached hydrogens (primary N) is 1. The summed E-state index contributed by atoms with van der Waals surface area (Å²) in [5.74, 6) is -0.00953. The minimum absolute atomic E-state index is 0.161. The van der Waals surface area contributed by atoms with Crippen LogP contribution >= 0.6 is 0 Å². The first-order valence-electron chi connectivity index (χ1n) is 4.30. The summed E-state index contributed by atoms with van der Waals surface area (Å²) >= 11 is 0. The zero-order chi connectivity index (χ0) is 8.27. The number of hydrogen-bond acceptors (Lipinski definition) is 1. The largest absolute Gasteiger partial charge is 0.477 e. The molecule has 11 heavy (non-hydrogen) atoms. The third-order valence-electron chi connectivity index (χ3n) is 2.36.